The smallest absolute Gasteiger partial charge is 0.347 e. The Morgan fingerprint density at radius 3 is 0.800 bits per heavy atom. The van der Waals surface area contributed by atoms with Gasteiger partial charge in [-0.2, -0.15) is 0 Å². The number of aldehydes is 1. The average molecular weight is 867 g/mol. The maximum Gasteiger partial charge on any atom is 0.347 e. The second kappa shape index (κ2) is 25.4. The molecule has 60 heavy (non-hydrogen) atoms. The molecule has 0 fully saturated rings. The van der Waals surface area contributed by atoms with Crippen LogP contribution in [0.2, 0.25) is 0 Å². The van der Waals surface area contributed by atoms with Crippen LogP contribution in [0.25, 0.3) is 0 Å². The molecule has 0 aromatic rings. The van der Waals surface area contributed by atoms with Crippen molar-refractivity contribution in [2.24, 2.45) is 17.8 Å². The van der Waals surface area contributed by atoms with Crippen LogP contribution in [0.5, 0.6) is 0 Å². The first kappa shape index (κ1) is 54.8. The molecule has 0 saturated carbocycles. The summed E-state index contributed by atoms with van der Waals surface area (Å²) in [4.78, 5) is 130. The third-order valence-corrected chi connectivity index (χ3v) is 10.1. The lowest BCUT2D eigenvalue weighted by Crippen LogP contribution is -2.68. The van der Waals surface area contributed by atoms with Crippen LogP contribution < -0.4 is 0 Å². The third-order valence-electron chi connectivity index (χ3n) is 10.1. The fourth-order valence-corrected chi connectivity index (χ4v) is 7.06. The van der Waals surface area contributed by atoms with E-state index in [0.29, 0.717) is 38.5 Å². The van der Waals surface area contributed by atoms with E-state index in [2.05, 4.69) is 0 Å². The van der Waals surface area contributed by atoms with Gasteiger partial charge in [0.25, 0.3) is 0 Å². The van der Waals surface area contributed by atoms with E-state index in [1.165, 1.54) is 0 Å². The molecular formula is C38H58O22. The zero-order valence-corrected chi connectivity index (χ0v) is 33.9. The van der Waals surface area contributed by atoms with Crippen molar-refractivity contribution in [3.05, 3.63) is 0 Å². The van der Waals surface area contributed by atoms with Gasteiger partial charge in [0, 0.05) is 0 Å². The summed E-state index contributed by atoms with van der Waals surface area (Å²) < 4.78 is 16.4. The summed E-state index contributed by atoms with van der Waals surface area (Å²) >= 11 is 0. The van der Waals surface area contributed by atoms with E-state index in [0.717, 1.165) is 0 Å². The number of unbranched alkanes of at least 4 members (excludes halogenated alkanes) is 9. The third kappa shape index (κ3) is 15.1. The van der Waals surface area contributed by atoms with Gasteiger partial charge in [0.15, 0.2) is 16.8 Å². The quantitative estimate of drug-likeness (QED) is 0.0243. The van der Waals surface area contributed by atoms with E-state index >= 15 is 0 Å². The van der Waals surface area contributed by atoms with Crippen molar-refractivity contribution in [1.29, 1.82) is 0 Å². The van der Waals surface area contributed by atoms with Crippen molar-refractivity contribution in [2.75, 3.05) is 0 Å². The van der Waals surface area contributed by atoms with Crippen molar-refractivity contribution < 1.29 is 108 Å². The van der Waals surface area contributed by atoms with E-state index in [1.807, 2.05) is 0 Å². The molecule has 0 aromatic heterocycles. The minimum absolute atomic E-state index is 0.174. The van der Waals surface area contributed by atoms with Crippen LogP contribution in [0, 0.1) is 17.8 Å². The Morgan fingerprint density at radius 1 is 0.417 bits per heavy atom. The van der Waals surface area contributed by atoms with Crippen LogP contribution >= 0.6 is 0 Å². The Morgan fingerprint density at radius 2 is 0.650 bits per heavy atom. The molecule has 22 heteroatoms. The summed E-state index contributed by atoms with van der Waals surface area (Å²) in [5.74, 6) is -33.0. The molecule has 0 heterocycles. The zero-order valence-electron chi connectivity index (χ0n) is 33.9. The molecule has 342 valence electrons. The predicted molar refractivity (Wildman–Crippen MR) is 200 cm³/mol. The molecule has 0 rings (SSSR count). The van der Waals surface area contributed by atoms with Gasteiger partial charge in [-0.3, -0.25) is 33.6 Å². The lowest BCUT2D eigenvalue weighted by molar-refractivity contribution is -0.429. The normalized spacial score (nSPS) is 16.9. The van der Waals surface area contributed by atoms with E-state index < -0.39 is 139 Å². The molecule has 0 aliphatic carbocycles. The van der Waals surface area contributed by atoms with Gasteiger partial charge in [0.2, 0.25) is 6.29 Å². The highest BCUT2D eigenvalue weighted by atomic mass is 16.9. The molecule has 0 bridgehead atoms. The average Bonchev–Trinajstić information content (AvgIpc) is 3.12. The molecule has 6 atom stereocenters. The van der Waals surface area contributed by atoms with Gasteiger partial charge in [0.1, 0.15) is 0 Å². The van der Waals surface area contributed by atoms with Gasteiger partial charge in [-0.25, -0.2) is 14.4 Å². The zero-order chi connectivity index (χ0) is 46.5. The van der Waals surface area contributed by atoms with E-state index in [1.54, 1.807) is 20.8 Å². The van der Waals surface area contributed by atoms with Crippen LogP contribution in [-0.2, 0) is 62.2 Å². The van der Waals surface area contributed by atoms with Gasteiger partial charge in [0.05, 0.1) is 37.0 Å². The number of carboxylic acid groups (broad SMARTS) is 9. The van der Waals surface area contributed by atoms with Crippen LogP contribution in [0.4, 0.5) is 0 Å². The Kier molecular flexibility index (Phi) is 23.2. The first-order valence-corrected chi connectivity index (χ1v) is 19.5. The van der Waals surface area contributed by atoms with Gasteiger partial charge < -0.3 is 60.2 Å². The van der Waals surface area contributed by atoms with Crippen molar-refractivity contribution in [1.82, 2.24) is 0 Å². The molecule has 0 aliphatic heterocycles. The fraction of sp³-hybridized carbons (Fsp3) is 0.737. The number of carbonyl (C=O) groups excluding carboxylic acids is 1. The molecule has 22 nitrogen and oxygen atoms in total. The van der Waals surface area contributed by atoms with Crippen LogP contribution in [0.15, 0.2) is 0 Å². The number of ether oxygens (including phenoxy) is 3. The summed E-state index contributed by atoms with van der Waals surface area (Å²) in [6, 6.07) is 0. The Labute approximate surface area is 344 Å². The number of carbonyl (C=O) groups is 10. The first-order chi connectivity index (χ1) is 27.9. The van der Waals surface area contributed by atoms with Crippen molar-refractivity contribution in [2.45, 2.75) is 159 Å². The Balaban J connectivity index is 9.01. The molecular weight excluding hydrogens is 808 g/mol. The number of aliphatic carboxylic acids is 9. The molecule has 0 amide bonds. The number of hydrogen-bond donors (Lipinski definition) is 9. The SMILES string of the molecule is CCCCCCC(C(=O)O)C(CC(=O)O)(OC(C=O)(OC(CC(=O)O)(C(=O)O)C(CCCCCC)C(=O)O)OC(CC(=O)O)(C(=O)O)C(CCCCCC)C(=O)O)C(=O)O. The van der Waals surface area contributed by atoms with Crippen LogP contribution in [0.1, 0.15) is 136 Å². The predicted octanol–water partition coefficient (Wildman–Crippen LogP) is 3.80. The van der Waals surface area contributed by atoms with E-state index in [4.69, 9.17) is 14.2 Å². The summed E-state index contributed by atoms with van der Waals surface area (Å²) in [5, 5.41) is 93.2. The molecule has 0 spiro atoms. The summed E-state index contributed by atoms with van der Waals surface area (Å²) in [6.07, 6.45) is -6.15. The molecule has 0 aromatic carbocycles. The lowest BCUT2D eigenvalue weighted by Gasteiger charge is -2.47. The second-order valence-electron chi connectivity index (χ2n) is 14.5. The number of rotatable bonds is 37. The first-order valence-electron chi connectivity index (χ1n) is 19.5. The second-order valence-corrected chi connectivity index (χ2v) is 14.5. The number of hydrogen-bond acceptors (Lipinski definition) is 13. The van der Waals surface area contributed by atoms with Crippen molar-refractivity contribution in [3.8, 4) is 0 Å². The van der Waals surface area contributed by atoms with Gasteiger partial charge in [-0.15, -0.1) is 0 Å². The Bertz CT molecular complexity index is 1360. The van der Waals surface area contributed by atoms with Gasteiger partial charge >= 0.3 is 59.7 Å². The number of carboxylic acids is 9. The van der Waals surface area contributed by atoms with Crippen LogP contribution in [0.3, 0.4) is 0 Å². The van der Waals surface area contributed by atoms with Gasteiger partial charge in [-0.05, 0) is 19.3 Å². The maximum atomic E-state index is 13.6. The highest BCUT2D eigenvalue weighted by Crippen LogP contribution is 2.45. The molecule has 6 unspecified atom stereocenters. The molecule has 0 aliphatic rings. The van der Waals surface area contributed by atoms with Crippen LogP contribution in [-0.4, -0.2) is 129 Å². The highest BCUT2D eigenvalue weighted by molar-refractivity contribution is 5.93. The highest BCUT2D eigenvalue weighted by Gasteiger charge is 2.67. The van der Waals surface area contributed by atoms with Gasteiger partial charge in [-0.1, -0.05) is 97.8 Å². The fourth-order valence-electron chi connectivity index (χ4n) is 7.06. The summed E-state index contributed by atoms with van der Waals surface area (Å²) in [7, 11) is 0. The van der Waals surface area contributed by atoms with E-state index in [9.17, 15) is 93.9 Å². The van der Waals surface area contributed by atoms with Crippen molar-refractivity contribution in [3.63, 3.8) is 0 Å². The monoisotopic (exact) mass is 866 g/mol. The molecule has 0 saturated heterocycles. The molecule has 9 N–H and O–H groups in total. The maximum absolute atomic E-state index is 13.6. The lowest BCUT2D eigenvalue weighted by atomic mass is 9.79. The standard InChI is InChI=1S/C38H58O22/c1-4-7-10-13-16-23(29(46)47)35(32(52)53,19-26(40)41)58-38(22-39,59-36(33(54)55,20-27(42)43)24(30(48)49)17-14-11-8-5-2)60-37(34(56)57,21-28(44)45)25(31(50)51)18-15-12-9-6-3/h22-25H,4-21H2,1-3H3,(H,40,41)(H,42,43)(H,44,45)(H,46,47)(H,48,49)(H,50,51)(H,52,53)(H,54,55)(H,56,57). The molecule has 0 radical (unpaired) electrons. The largest absolute Gasteiger partial charge is 0.481 e. The van der Waals surface area contributed by atoms with E-state index in [-0.39, 0.29) is 38.5 Å². The van der Waals surface area contributed by atoms with Crippen molar-refractivity contribution >= 4 is 60.0 Å². The Hall–Kier alpha value is -5.22. The topological polar surface area (TPSA) is 380 Å². The minimum atomic E-state index is -4.62. The minimum Gasteiger partial charge on any atom is -0.481 e. The summed E-state index contributed by atoms with van der Waals surface area (Å²) in [5.41, 5.74) is -11.7. The summed E-state index contributed by atoms with van der Waals surface area (Å²) in [6.45, 7) is 5.24.